The van der Waals surface area contributed by atoms with Gasteiger partial charge in [0, 0.05) is 11.3 Å². The minimum Gasteiger partial charge on any atom is -0.486 e. The van der Waals surface area contributed by atoms with Gasteiger partial charge in [0.15, 0.2) is 5.06 Å². The Hall–Kier alpha value is -0.640. The maximum atomic E-state index is 9.80. The van der Waals surface area contributed by atoms with Gasteiger partial charge < -0.3 is 4.74 Å². The molecule has 0 unspecified atom stereocenters. The second-order valence-corrected chi connectivity index (χ2v) is 4.23. The van der Waals surface area contributed by atoms with Crippen molar-refractivity contribution in [1.29, 1.82) is 0 Å². The number of carbonyl (C=O) groups excluding carboxylic acids is 1. The molecule has 0 spiro atoms. The molecule has 0 bridgehead atoms. The van der Waals surface area contributed by atoms with E-state index in [1.807, 2.05) is 6.07 Å². The summed E-state index contributed by atoms with van der Waals surface area (Å²) in [5.74, 6) is 0. The lowest BCUT2D eigenvalue weighted by molar-refractivity contribution is 0.425. The molecule has 1 aromatic rings. The van der Waals surface area contributed by atoms with E-state index in [0.29, 0.717) is 6.54 Å². The Kier molecular flexibility index (Phi) is 4.15. The minimum absolute atomic E-state index is 0.486. The van der Waals surface area contributed by atoms with Gasteiger partial charge in [0.1, 0.15) is 0 Å². The predicted molar refractivity (Wildman–Crippen MR) is 55.3 cm³/mol. The molecule has 1 aromatic heterocycles. The molecule has 0 saturated carbocycles. The molecule has 0 aliphatic heterocycles. The summed E-state index contributed by atoms with van der Waals surface area (Å²) in [7, 11) is 1.63. The SMILES string of the molecule is COc1sc(CCN=C=O)cc1Br. The van der Waals surface area contributed by atoms with E-state index in [4.69, 9.17) is 4.74 Å². The zero-order chi connectivity index (χ0) is 9.68. The largest absolute Gasteiger partial charge is 0.486 e. The van der Waals surface area contributed by atoms with Crippen LogP contribution in [0.3, 0.4) is 0 Å². The van der Waals surface area contributed by atoms with E-state index in [2.05, 4.69) is 20.9 Å². The highest BCUT2D eigenvalue weighted by Gasteiger charge is 2.05. The number of hydrogen-bond donors (Lipinski definition) is 0. The first-order valence-corrected chi connectivity index (χ1v) is 5.24. The normalized spacial score (nSPS) is 9.38. The molecule has 0 aliphatic carbocycles. The van der Waals surface area contributed by atoms with Gasteiger partial charge in [0.2, 0.25) is 6.08 Å². The van der Waals surface area contributed by atoms with E-state index in [1.165, 1.54) is 6.08 Å². The van der Waals surface area contributed by atoms with E-state index in [9.17, 15) is 4.79 Å². The van der Waals surface area contributed by atoms with E-state index < -0.39 is 0 Å². The van der Waals surface area contributed by atoms with Crippen LogP contribution in [0, 0.1) is 0 Å². The summed E-state index contributed by atoms with van der Waals surface area (Å²) in [4.78, 5) is 14.4. The summed E-state index contributed by atoms with van der Waals surface area (Å²) < 4.78 is 6.04. The predicted octanol–water partition coefficient (Wildman–Crippen LogP) is 2.40. The van der Waals surface area contributed by atoms with Crippen LogP contribution in [0.15, 0.2) is 15.5 Å². The van der Waals surface area contributed by atoms with Crippen molar-refractivity contribution in [3.05, 3.63) is 15.4 Å². The van der Waals surface area contributed by atoms with Gasteiger partial charge in [-0.25, -0.2) is 9.79 Å². The third-order valence-electron chi connectivity index (χ3n) is 1.43. The molecule has 0 amide bonds. The Labute approximate surface area is 88.6 Å². The molecule has 0 saturated heterocycles. The lowest BCUT2D eigenvalue weighted by atomic mass is 10.3. The molecule has 0 atom stereocenters. The molecule has 1 rings (SSSR count). The van der Waals surface area contributed by atoms with E-state index in [0.717, 1.165) is 20.8 Å². The van der Waals surface area contributed by atoms with Crippen LogP contribution in [-0.4, -0.2) is 19.7 Å². The Morgan fingerprint density at radius 3 is 3.08 bits per heavy atom. The standard InChI is InChI=1S/C8H8BrNO2S/c1-12-8-7(9)4-6(13-8)2-3-10-5-11/h4H,2-3H2,1H3. The van der Waals surface area contributed by atoms with Gasteiger partial charge >= 0.3 is 0 Å². The average Bonchev–Trinajstić information content (AvgIpc) is 2.47. The van der Waals surface area contributed by atoms with Crippen LogP contribution in [-0.2, 0) is 11.2 Å². The number of nitrogens with zero attached hydrogens (tertiary/aromatic N) is 1. The van der Waals surface area contributed by atoms with E-state index in [1.54, 1.807) is 18.4 Å². The molecule has 0 fully saturated rings. The third kappa shape index (κ3) is 2.95. The second-order valence-electron chi connectivity index (χ2n) is 2.28. The summed E-state index contributed by atoms with van der Waals surface area (Å²) in [5.41, 5.74) is 0. The van der Waals surface area contributed by atoms with Crippen LogP contribution >= 0.6 is 27.3 Å². The first kappa shape index (κ1) is 10.4. The van der Waals surface area contributed by atoms with Crippen LogP contribution in [0.1, 0.15) is 4.88 Å². The average molecular weight is 262 g/mol. The molecule has 70 valence electrons. The fraction of sp³-hybridized carbons (Fsp3) is 0.375. The number of rotatable bonds is 4. The fourth-order valence-electron chi connectivity index (χ4n) is 0.872. The van der Waals surface area contributed by atoms with Crippen LogP contribution in [0.25, 0.3) is 0 Å². The van der Waals surface area contributed by atoms with Gasteiger partial charge in [-0.15, -0.1) is 11.3 Å². The monoisotopic (exact) mass is 261 g/mol. The Balaban J connectivity index is 2.62. The van der Waals surface area contributed by atoms with E-state index in [-0.39, 0.29) is 0 Å². The highest BCUT2D eigenvalue weighted by Crippen LogP contribution is 2.34. The zero-order valence-electron chi connectivity index (χ0n) is 7.04. The second kappa shape index (κ2) is 5.17. The van der Waals surface area contributed by atoms with Gasteiger partial charge in [0.05, 0.1) is 18.1 Å². The van der Waals surface area contributed by atoms with Crippen molar-refractivity contribution in [2.24, 2.45) is 4.99 Å². The van der Waals surface area contributed by atoms with Gasteiger partial charge in [-0.2, -0.15) is 0 Å². The Morgan fingerprint density at radius 1 is 1.77 bits per heavy atom. The quantitative estimate of drug-likeness (QED) is 0.617. The van der Waals surface area contributed by atoms with Crippen LogP contribution < -0.4 is 4.74 Å². The van der Waals surface area contributed by atoms with Crippen LogP contribution in [0.2, 0.25) is 0 Å². The summed E-state index contributed by atoms with van der Waals surface area (Å²) in [6.45, 7) is 0.486. The molecule has 5 heteroatoms. The lowest BCUT2D eigenvalue weighted by Gasteiger charge is -1.91. The number of methoxy groups -OCH3 is 1. The fourth-order valence-corrected chi connectivity index (χ4v) is 2.55. The number of thiophene rings is 1. The number of isocyanates is 1. The minimum atomic E-state index is 0.486. The summed E-state index contributed by atoms with van der Waals surface area (Å²) >= 11 is 4.91. The van der Waals surface area contributed by atoms with Crippen molar-refractivity contribution in [2.45, 2.75) is 6.42 Å². The van der Waals surface area contributed by atoms with Crippen molar-refractivity contribution < 1.29 is 9.53 Å². The molecule has 0 aliphatic rings. The highest BCUT2D eigenvalue weighted by atomic mass is 79.9. The molecule has 0 aromatic carbocycles. The highest BCUT2D eigenvalue weighted by molar-refractivity contribution is 9.10. The summed E-state index contributed by atoms with van der Waals surface area (Å²) in [5, 5.41) is 0.852. The van der Waals surface area contributed by atoms with Crippen LogP contribution in [0.5, 0.6) is 5.06 Å². The maximum absolute atomic E-state index is 9.80. The number of ether oxygens (including phenoxy) is 1. The van der Waals surface area contributed by atoms with Gasteiger partial charge in [0.25, 0.3) is 0 Å². The van der Waals surface area contributed by atoms with Crippen molar-refractivity contribution in [3.8, 4) is 5.06 Å². The topological polar surface area (TPSA) is 38.7 Å². The van der Waals surface area contributed by atoms with Gasteiger partial charge in [-0.1, -0.05) is 0 Å². The number of aliphatic imine (C=N–C) groups is 1. The summed E-state index contributed by atoms with van der Waals surface area (Å²) in [6, 6.07) is 1.98. The molecule has 3 nitrogen and oxygen atoms in total. The van der Waals surface area contributed by atoms with Crippen molar-refractivity contribution >= 4 is 33.3 Å². The Bertz CT molecular complexity index is 331. The molecule has 1 heterocycles. The number of hydrogen-bond acceptors (Lipinski definition) is 4. The number of halogens is 1. The van der Waals surface area contributed by atoms with Gasteiger partial charge in [-0.3, -0.25) is 0 Å². The molecular weight excluding hydrogens is 254 g/mol. The summed E-state index contributed by atoms with van der Waals surface area (Å²) in [6.07, 6.45) is 2.26. The van der Waals surface area contributed by atoms with Crippen molar-refractivity contribution in [3.63, 3.8) is 0 Å². The third-order valence-corrected chi connectivity index (χ3v) is 3.43. The maximum Gasteiger partial charge on any atom is 0.234 e. The van der Waals surface area contributed by atoms with Crippen LogP contribution in [0.4, 0.5) is 0 Å². The van der Waals surface area contributed by atoms with Crippen molar-refractivity contribution in [2.75, 3.05) is 13.7 Å². The smallest absolute Gasteiger partial charge is 0.234 e. The van der Waals surface area contributed by atoms with Gasteiger partial charge in [-0.05, 0) is 22.0 Å². The first-order valence-electron chi connectivity index (χ1n) is 3.63. The van der Waals surface area contributed by atoms with E-state index >= 15 is 0 Å². The lowest BCUT2D eigenvalue weighted by Crippen LogP contribution is -1.83. The Morgan fingerprint density at radius 2 is 2.54 bits per heavy atom. The molecular formula is C8H8BrNO2S. The molecule has 13 heavy (non-hydrogen) atoms. The first-order chi connectivity index (χ1) is 6.27. The molecule has 0 N–H and O–H groups in total. The molecule has 0 radical (unpaired) electrons. The van der Waals surface area contributed by atoms with Crippen molar-refractivity contribution in [1.82, 2.24) is 0 Å². The zero-order valence-corrected chi connectivity index (χ0v) is 9.44.